The lowest BCUT2D eigenvalue weighted by Crippen LogP contribution is -2.43. The van der Waals surface area contributed by atoms with E-state index in [1.54, 1.807) is 43.4 Å². The average molecular weight is 462 g/mol. The number of hydrogen-bond acceptors (Lipinski definition) is 7. The molecule has 0 N–H and O–H groups in total. The number of fused-ring (bicyclic) bond motifs is 1. The van der Waals surface area contributed by atoms with Crippen LogP contribution in [0.4, 0.5) is 5.13 Å². The van der Waals surface area contributed by atoms with Gasteiger partial charge in [0, 0.05) is 36.8 Å². The Morgan fingerprint density at radius 3 is 2.65 bits per heavy atom. The minimum atomic E-state index is -0.146. The first-order valence-electron chi connectivity index (χ1n) is 9.99. The standard InChI is InChI=1S/C22H24ClN3O4S/c1-28-17-6-7-18(29-2)20-19(17)24-22(31-20)26(9-8-25-10-12-30-13-11-25)21(27)15-4-3-5-16(23)14-15/h3-7,14H,8-13H2,1-2H3. The van der Waals surface area contributed by atoms with Crippen LogP contribution in [0.3, 0.4) is 0 Å². The number of halogens is 1. The van der Waals surface area contributed by atoms with Crippen LogP contribution in [0.5, 0.6) is 11.5 Å². The van der Waals surface area contributed by atoms with Gasteiger partial charge in [0.15, 0.2) is 5.13 Å². The first kappa shape index (κ1) is 21.8. The Bertz CT molecular complexity index is 1030. The SMILES string of the molecule is COc1ccc(OC)c2sc(N(CCN3CCOCC3)C(=O)c3cccc(Cl)c3)nc12. The Morgan fingerprint density at radius 1 is 1.19 bits per heavy atom. The van der Waals surface area contributed by atoms with E-state index in [-0.39, 0.29) is 5.91 Å². The van der Waals surface area contributed by atoms with Crippen LogP contribution in [0, 0.1) is 0 Å². The van der Waals surface area contributed by atoms with Gasteiger partial charge in [-0.1, -0.05) is 29.0 Å². The van der Waals surface area contributed by atoms with E-state index >= 15 is 0 Å². The van der Waals surface area contributed by atoms with Gasteiger partial charge in [-0.25, -0.2) is 4.98 Å². The van der Waals surface area contributed by atoms with E-state index in [0.29, 0.717) is 52.5 Å². The summed E-state index contributed by atoms with van der Waals surface area (Å²) >= 11 is 7.56. The highest BCUT2D eigenvalue weighted by Crippen LogP contribution is 2.40. The number of ether oxygens (including phenoxy) is 3. The van der Waals surface area contributed by atoms with Crippen LogP contribution >= 0.6 is 22.9 Å². The molecule has 0 bridgehead atoms. The number of thiazole rings is 1. The molecule has 0 saturated carbocycles. The van der Waals surface area contributed by atoms with Crippen molar-refractivity contribution < 1.29 is 19.0 Å². The van der Waals surface area contributed by atoms with Gasteiger partial charge in [-0.05, 0) is 30.3 Å². The fourth-order valence-corrected chi connectivity index (χ4v) is 4.81. The number of methoxy groups -OCH3 is 2. The summed E-state index contributed by atoms with van der Waals surface area (Å²) in [6.07, 6.45) is 0. The molecule has 1 aliphatic rings. The van der Waals surface area contributed by atoms with Crippen LogP contribution in [0.2, 0.25) is 5.02 Å². The summed E-state index contributed by atoms with van der Waals surface area (Å²) in [4.78, 5) is 22.3. The van der Waals surface area contributed by atoms with Crippen LogP contribution in [-0.4, -0.2) is 69.4 Å². The first-order chi connectivity index (χ1) is 15.1. The number of aromatic nitrogens is 1. The second kappa shape index (κ2) is 9.82. The van der Waals surface area contributed by atoms with Crippen molar-refractivity contribution in [2.24, 2.45) is 0 Å². The molecular formula is C22H24ClN3O4S. The highest BCUT2D eigenvalue weighted by molar-refractivity contribution is 7.22. The second-order valence-electron chi connectivity index (χ2n) is 7.07. The molecule has 1 aliphatic heterocycles. The summed E-state index contributed by atoms with van der Waals surface area (Å²) in [6.45, 7) is 4.33. The Balaban J connectivity index is 1.71. The van der Waals surface area contributed by atoms with Gasteiger partial charge in [-0.3, -0.25) is 14.6 Å². The predicted molar refractivity (Wildman–Crippen MR) is 123 cm³/mol. The smallest absolute Gasteiger partial charge is 0.260 e. The van der Waals surface area contributed by atoms with Crippen molar-refractivity contribution in [3.63, 3.8) is 0 Å². The summed E-state index contributed by atoms with van der Waals surface area (Å²) in [6, 6.07) is 10.6. The van der Waals surface area contributed by atoms with Crippen molar-refractivity contribution in [2.75, 3.05) is 58.5 Å². The summed E-state index contributed by atoms with van der Waals surface area (Å²) in [7, 11) is 3.22. The van der Waals surface area contributed by atoms with E-state index in [9.17, 15) is 4.79 Å². The number of carbonyl (C=O) groups excluding carboxylic acids is 1. The maximum atomic E-state index is 13.5. The van der Waals surface area contributed by atoms with E-state index in [1.165, 1.54) is 11.3 Å². The number of nitrogens with zero attached hydrogens (tertiary/aromatic N) is 3. The Hall–Kier alpha value is -2.39. The maximum Gasteiger partial charge on any atom is 0.260 e. The molecule has 2 aromatic carbocycles. The third-order valence-electron chi connectivity index (χ3n) is 5.19. The normalized spacial score (nSPS) is 14.5. The molecule has 0 radical (unpaired) electrons. The van der Waals surface area contributed by atoms with Crippen LogP contribution in [0.15, 0.2) is 36.4 Å². The molecular weight excluding hydrogens is 438 g/mol. The molecule has 164 valence electrons. The fourth-order valence-electron chi connectivity index (χ4n) is 3.52. The molecule has 9 heteroatoms. The number of amides is 1. The number of anilines is 1. The fraction of sp³-hybridized carbons (Fsp3) is 0.364. The highest BCUT2D eigenvalue weighted by atomic mass is 35.5. The monoisotopic (exact) mass is 461 g/mol. The van der Waals surface area contributed by atoms with Crippen LogP contribution in [-0.2, 0) is 4.74 Å². The van der Waals surface area contributed by atoms with Crippen molar-refractivity contribution in [3.05, 3.63) is 47.0 Å². The summed E-state index contributed by atoms with van der Waals surface area (Å²) in [5, 5.41) is 1.11. The molecule has 4 rings (SSSR count). The van der Waals surface area contributed by atoms with Gasteiger partial charge in [-0.15, -0.1) is 0 Å². The highest BCUT2D eigenvalue weighted by Gasteiger charge is 2.25. The average Bonchev–Trinajstić information content (AvgIpc) is 3.24. The molecule has 0 unspecified atom stereocenters. The summed E-state index contributed by atoms with van der Waals surface area (Å²) < 4.78 is 17.3. The third-order valence-corrected chi connectivity index (χ3v) is 6.52. The molecule has 1 aromatic heterocycles. The maximum absolute atomic E-state index is 13.5. The van der Waals surface area contributed by atoms with E-state index in [1.807, 2.05) is 12.1 Å². The summed E-state index contributed by atoms with van der Waals surface area (Å²) in [5.74, 6) is 1.19. The molecule has 1 saturated heterocycles. The summed E-state index contributed by atoms with van der Waals surface area (Å²) in [5.41, 5.74) is 1.20. The van der Waals surface area contributed by atoms with Gasteiger partial charge in [-0.2, -0.15) is 0 Å². The van der Waals surface area contributed by atoms with Crippen LogP contribution in [0.25, 0.3) is 10.2 Å². The van der Waals surface area contributed by atoms with Gasteiger partial charge in [0.2, 0.25) is 0 Å². The minimum absolute atomic E-state index is 0.146. The van der Waals surface area contributed by atoms with E-state index in [2.05, 4.69) is 4.90 Å². The lowest BCUT2D eigenvalue weighted by Gasteiger charge is -2.29. The van der Waals surface area contributed by atoms with Crippen molar-refractivity contribution >= 4 is 44.2 Å². The minimum Gasteiger partial charge on any atom is -0.495 e. The van der Waals surface area contributed by atoms with Crippen LogP contribution < -0.4 is 14.4 Å². The lowest BCUT2D eigenvalue weighted by molar-refractivity contribution is 0.0391. The lowest BCUT2D eigenvalue weighted by atomic mass is 10.2. The van der Waals surface area contributed by atoms with Crippen molar-refractivity contribution in [2.45, 2.75) is 0 Å². The zero-order valence-electron chi connectivity index (χ0n) is 17.5. The Kier molecular flexibility index (Phi) is 6.92. The van der Waals surface area contributed by atoms with E-state index in [0.717, 1.165) is 24.3 Å². The molecule has 3 aromatic rings. The number of morpholine rings is 1. The third kappa shape index (κ3) is 4.77. The van der Waals surface area contributed by atoms with Gasteiger partial charge in [0.05, 0.1) is 27.4 Å². The quantitative estimate of drug-likeness (QED) is 0.531. The van der Waals surface area contributed by atoms with Gasteiger partial charge in [0.1, 0.15) is 21.7 Å². The molecule has 1 amide bonds. The van der Waals surface area contributed by atoms with Crippen molar-refractivity contribution in [1.29, 1.82) is 0 Å². The van der Waals surface area contributed by atoms with Crippen molar-refractivity contribution in [1.82, 2.24) is 9.88 Å². The van der Waals surface area contributed by atoms with E-state index < -0.39 is 0 Å². The topological polar surface area (TPSA) is 64.1 Å². The number of carbonyl (C=O) groups is 1. The van der Waals surface area contributed by atoms with Gasteiger partial charge in [0.25, 0.3) is 5.91 Å². The molecule has 2 heterocycles. The predicted octanol–water partition coefficient (Wildman–Crippen LogP) is 3.95. The molecule has 1 fully saturated rings. The zero-order valence-corrected chi connectivity index (χ0v) is 19.0. The van der Waals surface area contributed by atoms with E-state index in [4.69, 9.17) is 30.8 Å². The number of rotatable bonds is 7. The molecule has 0 atom stereocenters. The molecule has 7 nitrogen and oxygen atoms in total. The molecule has 0 spiro atoms. The van der Waals surface area contributed by atoms with Crippen LogP contribution in [0.1, 0.15) is 10.4 Å². The van der Waals surface area contributed by atoms with Gasteiger partial charge >= 0.3 is 0 Å². The van der Waals surface area contributed by atoms with Crippen molar-refractivity contribution in [3.8, 4) is 11.5 Å². The number of benzene rings is 2. The molecule has 31 heavy (non-hydrogen) atoms. The number of hydrogen-bond donors (Lipinski definition) is 0. The second-order valence-corrected chi connectivity index (χ2v) is 8.48. The first-order valence-corrected chi connectivity index (χ1v) is 11.2. The Morgan fingerprint density at radius 2 is 1.94 bits per heavy atom. The van der Waals surface area contributed by atoms with Gasteiger partial charge < -0.3 is 14.2 Å². The largest absolute Gasteiger partial charge is 0.495 e. The zero-order chi connectivity index (χ0) is 21.8. The Labute approximate surface area is 190 Å². The molecule has 0 aliphatic carbocycles.